The molecule has 0 saturated heterocycles. The van der Waals surface area contributed by atoms with Crippen molar-refractivity contribution >= 4 is 12.0 Å². The lowest BCUT2D eigenvalue weighted by atomic mass is 9.98. The van der Waals surface area contributed by atoms with Gasteiger partial charge in [-0.05, 0) is 60.5 Å². The van der Waals surface area contributed by atoms with Crippen LogP contribution < -0.4 is 19.5 Å². The van der Waals surface area contributed by atoms with Gasteiger partial charge in [0.2, 0.25) is 5.91 Å². The third-order valence-electron chi connectivity index (χ3n) is 4.49. The van der Waals surface area contributed by atoms with Crippen molar-refractivity contribution in [2.45, 2.75) is 13.0 Å². The second-order valence-electron chi connectivity index (χ2n) is 6.41. The predicted molar refractivity (Wildman–Crippen MR) is 115 cm³/mol. The first-order valence-corrected chi connectivity index (χ1v) is 9.61. The second kappa shape index (κ2) is 10.2. The maximum atomic E-state index is 12.6. The van der Waals surface area contributed by atoms with Crippen molar-refractivity contribution in [1.82, 2.24) is 5.32 Å². The molecule has 156 valence electrons. The van der Waals surface area contributed by atoms with E-state index in [4.69, 9.17) is 18.6 Å². The maximum absolute atomic E-state index is 12.6. The van der Waals surface area contributed by atoms with Crippen LogP contribution in [-0.4, -0.2) is 26.7 Å². The Morgan fingerprint density at radius 2 is 1.77 bits per heavy atom. The van der Waals surface area contributed by atoms with Gasteiger partial charge in [-0.2, -0.15) is 0 Å². The summed E-state index contributed by atoms with van der Waals surface area (Å²) in [4.78, 5) is 12.6. The van der Waals surface area contributed by atoms with Crippen LogP contribution in [0.1, 0.15) is 29.9 Å². The molecule has 1 aromatic heterocycles. The van der Waals surface area contributed by atoms with E-state index in [0.717, 1.165) is 16.9 Å². The quantitative estimate of drug-likeness (QED) is 0.525. The van der Waals surface area contributed by atoms with E-state index < -0.39 is 6.04 Å². The largest absolute Gasteiger partial charge is 0.494 e. The van der Waals surface area contributed by atoms with E-state index in [-0.39, 0.29) is 5.91 Å². The standard InChI is InChI=1S/C24H25NO5/c1-4-29-20-10-7-17(8-11-20)24(18-9-13-21(27-2)22(16-18)28-3)25-23(26)14-12-19-6-5-15-30-19/h5-16,24H,4H2,1-3H3,(H,25,26)/b14-12+. The molecule has 6 heteroatoms. The lowest BCUT2D eigenvalue weighted by molar-refractivity contribution is -0.116. The minimum atomic E-state index is -0.394. The topological polar surface area (TPSA) is 69.9 Å². The van der Waals surface area contributed by atoms with Gasteiger partial charge in [0.15, 0.2) is 11.5 Å². The van der Waals surface area contributed by atoms with Gasteiger partial charge in [0.25, 0.3) is 0 Å². The number of hydrogen-bond acceptors (Lipinski definition) is 5. The summed E-state index contributed by atoms with van der Waals surface area (Å²) in [7, 11) is 3.17. The average molecular weight is 407 g/mol. The normalized spacial score (nSPS) is 11.8. The molecular weight excluding hydrogens is 382 g/mol. The van der Waals surface area contributed by atoms with Crippen LogP contribution in [0, 0.1) is 0 Å². The molecule has 2 aromatic carbocycles. The first kappa shape index (κ1) is 21.0. The summed E-state index contributed by atoms with van der Waals surface area (Å²) in [6.07, 6.45) is 4.63. The van der Waals surface area contributed by atoms with Crippen molar-refractivity contribution in [3.05, 3.63) is 83.8 Å². The fraction of sp³-hybridized carbons (Fsp3) is 0.208. The van der Waals surface area contributed by atoms with Crippen LogP contribution in [0.5, 0.6) is 17.2 Å². The molecular formula is C24H25NO5. The molecule has 3 rings (SSSR count). The zero-order valence-electron chi connectivity index (χ0n) is 17.3. The minimum Gasteiger partial charge on any atom is -0.494 e. The molecule has 0 aliphatic carbocycles. The molecule has 6 nitrogen and oxygen atoms in total. The molecule has 1 N–H and O–H groups in total. The Morgan fingerprint density at radius 3 is 2.40 bits per heavy atom. The molecule has 0 bridgehead atoms. The molecule has 0 radical (unpaired) electrons. The zero-order chi connectivity index (χ0) is 21.3. The molecule has 1 unspecified atom stereocenters. The SMILES string of the molecule is CCOc1ccc(C(NC(=O)/C=C/c2ccco2)c2ccc(OC)c(OC)c2)cc1. The summed E-state index contributed by atoms with van der Waals surface area (Å²) < 4.78 is 21.5. The van der Waals surface area contributed by atoms with Gasteiger partial charge in [-0.15, -0.1) is 0 Å². The number of benzene rings is 2. The minimum absolute atomic E-state index is 0.250. The lowest BCUT2D eigenvalue weighted by Gasteiger charge is -2.21. The van der Waals surface area contributed by atoms with Gasteiger partial charge < -0.3 is 23.9 Å². The van der Waals surface area contributed by atoms with Crippen LogP contribution in [0.25, 0.3) is 6.08 Å². The maximum Gasteiger partial charge on any atom is 0.244 e. The molecule has 1 heterocycles. The highest BCUT2D eigenvalue weighted by Crippen LogP contribution is 2.32. The molecule has 0 aliphatic heterocycles. The predicted octanol–water partition coefficient (Wildman–Crippen LogP) is 4.61. The third-order valence-corrected chi connectivity index (χ3v) is 4.49. The van der Waals surface area contributed by atoms with Crippen molar-refractivity contribution in [3.63, 3.8) is 0 Å². The number of carbonyl (C=O) groups excluding carboxylic acids is 1. The third kappa shape index (κ3) is 5.23. The summed E-state index contributed by atoms with van der Waals surface area (Å²) in [6.45, 7) is 2.53. The van der Waals surface area contributed by atoms with E-state index in [9.17, 15) is 4.79 Å². The van der Waals surface area contributed by atoms with Gasteiger partial charge in [-0.3, -0.25) is 4.79 Å². The highest BCUT2D eigenvalue weighted by atomic mass is 16.5. The van der Waals surface area contributed by atoms with Crippen LogP contribution in [0.2, 0.25) is 0 Å². The monoisotopic (exact) mass is 407 g/mol. The van der Waals surface area contributed by atoms with Gasteiger partial charge in [0.1, 0.15) is 11.5 Å². The van der Waals surface area contributed by atoms with Gasteiger partial charge in [0, 0.05) is 6.08 Å². The molecule has 0 aliphatic rings. The van der Waals surface area contributed by atoms with E-state index in [2.05, 4.69) is 5.32 Å². The van der Waals surface area contributed by atoms with Crippen molar-refractivity contribution in [1.29, 1.82) is 0 Å². The van der Waals surface area contributed by atoms with E-state index in [0.29, 0.717) is 23.9 Å². The number of ether oxygens (including phenoxy) is 3. The number of hydrogen-bond donors (Lipinski definition) is 1. The van der Waals surface area contributed by atoms with Crippen LogP contribution in [0.3, 0.4) is 0 Å². The highest BCUT2D eigenvalue weighted by Gasteiger charge is 2.18. The van der Waals surface area contributed by atoms with Crippen molar-refractivity contribution < 1.29 is 23.4 Å². The van der Waals surface area contributed by atoms with Crippen LogP contribution in [0.4, 0.5) is 0 Å². The first-order chi connectivity index (χ1) is 14.6. The Bertz CT molecular complexity index is 977. The van der Waals surface area contributed by atoms with Crippen LogP contribution in [0.15, 0.2) is 71.4 Å². The molecule has 0 fully saturated rings. The van der Waals surface area contributed by atoms with Gasteiger partial charge in [-0.1, -0.05) is 18.2 Å². The first-order valence-electron chi connectivity index (χ1n) is 9.61. The van der Waals surface area contributed by atoms with Crippen molar-refractivity contribution in [2.75, 3.05) is 20.8 Å². The van der Waals surface area contributed by atoms with E-state index in [1.54, 1.807) is 38.7 Å². The van der Waals surface area contributed by atoms with Crippen LogP contribution in [-0.2, 0) is 4.79 Å². The van der Waals surface area contributed by atoms with Gasteiger partial charge in [-0.25, -0.2) is 0 Å². The Morgan fingerprint density at radius 1 is 1.03 bits per heavy atom. The Labute approximate surface area is 176 Å². The summed E-state index contributed by atoms with van der Waals surface area (Å²) in [6, 6.07) is 16.4. The zero-order valence-corrected chi connectivity index (χ0v) is 17.3. The summed E-state index contributed by atoms with van der Waals surface area (Å²) in [5, 5.41) is 3.05. The lowest BCUT2D eigenvalue weighted by Crippen LogP contribution is -2.27. The Hall–Kier alpha value is -3.67. The number of nitrogens with one attached hydrogen (secondary N) is 1. The number of amides is 1. The molecule has 0 saturated carbocycles. The smallest absolute Gasteiger partial charge is 0.244 e. The highest BCUT2D eigenvalue weighted by molar-refractivity contribution is 5.91. The second-order valence-corrected chi connectivity index (χ2v) is 6.41. The molecule has 1 atom stereocenters. The fourth-order valence-corrected chi connectivity index (χ4v) is 3.05. The summed E-state index contributed by atoms with van der Waals surface area (Å²) >= 11 is 0. The number of rotatable bonds is 9. The Kier molecular flexibility index (Phi) is 7.16. The van der Waals surface area contributed by atoms with E-state index in [1.165, 1.54) is 6.08 Å². The summed E-state index contributed by atoms with van der Waals surface area (Å²) in [5.74, 6) is 2.34. The molecule has 30 heavy (non-hydrogen) atoms. The van der Waals surface area contributed by atoms with Gasteiger partial charge in [0.05, 0.1) is 33.1 Å². The van der Waals surface area contributed by atoms with Crippen LogP contribution >= 0.6 is 0 Å². The Balaban J connectivity index is 1.90. The summed E-state index contributed by atoms with van der Waals surface area (Å²) in [5.41, 5.74) is 1.77. The fourth-order valence-electron chi connectivity index (χ4n) is 3.05. The number of furan rings is 1. The molecule has 3 aromatic rings. The van der Waals surface area contributed by atoms with Crippen molar-refractivity contribution in [2.24, 2.45) is 0 Å². The van der Waals surface area contributed by atoms with Crippen molar-refractivity contribution in [3.8, 4) is 17.2 Å². The van der Waals surface area contributed by atoms with E-state index >= 15 is 0 Å². The number of methoxy groups -OCH3 is 2. The van der Waals surface area contributed by atoms with E-state index in [1.807, 2.05) is 49.4 Å². The average Bonchev–Trinajstić information content (AvgIpc) is 3.30. The number of carbonyl (C=O) groups is 1. The molecule has 0 spiro atoms. The van der Waals surface area contributed by atoms with Gasteiger partial charge >= 0.3 is 0 Å². The molecule has 1 amide bonds.